The number of aryl methyl sites for hydroxylation is 2. The number of aliphatic hydroxyl groups excluding tert-OH is 1. The van der Waals surface area contributed by atoms with Crippen LogP contribution in [0.2, 0.25) is 0 Å². The minimum absolute atomic E-state index is 0.0323. The van der Waals surface area contributed by atoms with Crippen LogP contribution in [0.25, 0.3) is 11.3 Å². The molecule has 7 heteroatoms. The molecule has 0 spiro atoms. The van der Waals surface area contributed by atoms with Crippen molar-refractivity contribution in [3.05, 3.63) is 23.1 Å². The molecule has 2 heterocycles. The molecule has 0 aliphatic carbocycles. The number of hydrogen-bond acceptors (Lipinski definition) is 4. The molecule has 0 aliphatic rings. The van der Waals surface area contributed by atoms with Crippen LogP contribution in [0.15, 0.2) is 6.07 Å². The first-order valence-electron chi connectivity index (χ1n) is 8.12. The molecule has 1 amide bonds. The van der Waals surface area contributed by atoms with Crippen LogP contribution in [0.1, 0.15) is 49.1 Å². The monoisotopic (exact) mass is 333 g/mol. The summed E-state index contributed by atoms with van der Waals surface area (Å²) in [6.45, 7) is 10.0. The molecule has 1 atom stereocenters. The molecule has 2 aromatic rings. The minimum Gasteiger partial charge on any atom is -0.396 e. The van der Waals surface area contributed by atoms with Crippen LogP contribution in [-0.4, -0.2) is 43.6 Å². The fourth-order valence-electron chi connectivity index (χ4n) is 2.80. The Balaban J connectivity index is 2.22. The molecular formula is C17H27N5O2. The summed E-state index contributed by atoms with van der Waals surface area (Å²) in [5.41, 5.74) is 3.78. The van der Waals surface area contributed by atoms with E-state index in [2.05, 4.69) is 20.6 Å². The third-order valence-corrected chi connectivity index (χ3v) is 4.36. The molecule has 2 aromatic heterocycles. The van der Waals surface area contributed by atoms with Gasteiger partial charge in [-0.2, -0.15) is 10.2 Å². The Kier molecular flexibility index (Phi) is 5.13. The number of aliphatic hydroxyl groups is 1. The molecule has 0 saturated heterocycles. The quantitative estimate of drug-likeness (QED) is 0.779. The number of carbonyl (C=O) groups excluding carboxylic acids is 1. The van der Waals surface area contributed by atoms with Crippen LogP contribution in [0.4, 0.5) is 0 Å². The van der Waals surface area contributed by atoms with Gasteiger partial charge in [0.2, 0.25) is 0 Å². The number of amides is 1. The first-order valence-corrected chi connectivity index (χ1v) is 8.12. The van der Waals surface area contributed by atoms with E-state index in [4.69, 9.17) is 0 Å². The van der Waals surface area contributed by atoms with Crippen LogP contribution >= 0.6 is 0 Å². The summed E-state index contributed by atoms with van der Waals surface area (Å²) in [5.74, 6) is -0.221. The number of nitrogens with one attached hydrogen (secondary N) is 2. The van der Waals surface area contributed by atoms with Gasteiger partial charge in [-0.15, -0.1) is 0 Å². The molecule has 0 aromatic carbocycles. The van der Waals surface area contributed by atoms with Crippen LogP contribution in [0.5, 0.6) is 0 Å². The lowest BCUT2D eigenvalue weighted by atomic mass is 9.85. The minimum atomic E-state index is -0.221. The van der Waals surface area contributed by atoms with E-state index in [0.717, 1.165) is 17.0 Å². The van der Waals surface area contributed by atoms with E-state index in [1.54, 1.807) is 10.7 Å². The number of aromatic nitrogens is 4. The Morgan fingerprint density at radius 1 is 1.42 bits per heavy atom. The first-order chi connectivity index (χ1) is 11.1. The van der Waals surface area contributed by atoms with Gasteiger partial charge in [-0.05, 0) is 31.7 Å². The van der Waals surface area contributed by atoms with Crippen molar-refractivity contribution in [2.45, 2.75) is 47.1 Å². The Labute approximate surface area is 142 Å². The highest BCUT2D eigenvalue weighted by molar-refractivity contribution is 5.93. The van der Waals surface area contributed by atoms with E-state index in [9.17, 15) is 9.90 Å². The molecule has 0 aliphatic heterocycles. The second-order valence-corrected chi connectivity index (χ2v) is 7.24. The molecule has 24 heavy (non-hydrogen) atoms. The zero-order valence-electron chi connectivity index (χ0n) is 15.3. The average molecular weight is 333 g/mol. The van der Waals surface area contributed by atoms with Crippen molar-refractivity contribution in [2.75, 3.05) is 6.61 Å². The van der Waals surface area contributed by atoms with Crippen molar-refractivity contribution in [1.82, 2.24) is 25.3 Å². The third-order valence-electron chi connectivity index (χ3n) is 4.36. The molecule has 1 unspecified atom stereocenters. The zero-order valence-corrected chi connectivity index (χ0v) is 15.3. The Morgan fingerprint density at radius 3 is 2.58 bits per heavy atom. The smallest absolute Gasteiger partial charge is 0.269 e. The number of nitrogens with zero attached hydrogens (tertiary/aromatic N) is 3. The lowest BCUT2D eigenvalue weighted by Gasteiger charge is -2.30. The highest BCUT2D eigenvalue weighted by atomic mass is 16.3. The van der Waals surface area contributed by atoms with Gasteiger partial charge in [-0.3, -0.25) is 14.6 Å². The molecule has 0 saturated carbocycles. The Morgan fingerprint density at radius 2 is 2.08 bits per heavy atom. The van der Waals surface area contributed by atoms with Crippen molar-refractivity contribution >= 4 is 5.91 Å². The van der Waals surface area contributed by atoms with Gasteiger partial charge < -0.3 is 10.4 Å². The number of carbonyl (C=O) groups is 1. The van der Waals surface area contributed by atoms with Gasteiger partial charge in [0.1, 0.15) is 5.69 Å². The number of H-pyrrole nitrogens is 1. The summed E-state index contributed by atoms with van der Waals surface area (Å²) in [4.78, 5) is 12.5. The van der Waals surface area contributed by atoms with Crippen LogP contribution < -0.4 is 5.32 Å². The number of aromatic amines is 1. The highest BCUT2D eigenvalue weighted by Crippen LogP contribution is 2.26. The van der Waals surface area contributed by atoms with Gasteiger partial charge in [0, 0.05) is 31.0 Å². The SMILES string of the molecule is Cc1nn(C)c(C)c1-c1cc(C(=O)NC(CCO)C(C)(C)C)[nH]n1. The molecule has 7 nitrogen and oxygen atoms in total. The van der Waals surface area contributed by atoms with E-state index in [0.29, 0.717) is 17.8 Å². The van der Waals surface area contributed by atoms with Crippen LogP contribution in [-0.2, 0) is 7.05 Å². The summed E-state index contributed by atoms with van der Waals surface area (Å²) in [6.07, 6.45) is 0.511. The normalized spacial score (nSPS) is 13.1. The molecule has 0 radical (unpaired) electrons. The molecule has 2 rings (SSSR count). The predicted molar refractivity (Wildman–Crippen MR) is 92.7 cm³/mol. The maximum Gasteiger partial charge on any atom is 0.269 e. The Hall–Kier alpha value is -2.15. The van der Waals surface area contributed by atoms with E-state index in [1.165, 1.54) is 0 Å². The van der Waals surface area contributed by atoms with Crippen molar-refractivity contribution < 1.29 is 9.90 Å². The maximum atomic E-state index is 12.5. The lowest BCUT2D eigenvalue weighted by Crippen LogP contribution is -2.44. The average Bonchev–Trinajstić information content (AvgIpc) is 3.03. The summed E-state index contributed by atoms with van der Waals surface area (Å²) in [5, 5.41) is 23.7. The second kappa shape index (κ2) is 6.76. The molecule has 0 bridgehead atoms. The predicted octanol–water partition coefficient (Wildman–Crippen LogP) is 1.95. The topological polar surface area (TPSA) is 95.8 Å². The van der Waals surface area contributed by atoms with Crippen LogP contribution in [0, 0.1) is 19.3 Å². The van der Waals surface area contributed by atoms with Gasteiger partial charge in [0.25, 0.3) is 5.91 Å². The molecule has 132 valence electrons. The zero-order chi connectivity index (χ0) is 18.1. The van der Waals surface area contributed by atoms with Crippen molar-refractivity contribution in [3.8, 4) is 11.3 Å². The molecular weight excluding hydrogens is 306 g/mol. The first kappa shape index (κ1) is 18.2. The lowest BCUT2D eigenvalue weighted by molar-refractivity contribution is 0.0880. The summed E-state index contributed by atoms with van der Waals surface area (Å²) in [7, 11) is 1.88. The summed E-state index contributed by atoms with van der Waals surface area (Å²) >= 11 is 0. The third kappa shape index (κ3) is 3.67. The van der Waals surface area contributed by atoms with Crippen molar-refractivity contribution in [3.63, 3.8) is 0 Å². The van der Waals surface area contributed by atoms with E-state index in [1.807, 2.05) is 41.7 Å². The van der Waals surface area contributed by atoms with E-state index >= 15 is 0 Å². The van der Waals surface area contributed by atoms with Gasteiger partial charge in [-0.1, -0.05) is 20.8 Å². The largest absolute Gasteiger partial charge is 0.396 e. The van der Waals surface area contributed by atoms with Gasteiger partial charge in [-0.25, -0.2) is 0 Å². The van der Waals surface area contributed by atoms with E-state index < -0.39 is 0 Å². The van der Waals surface area contributed by atoms with Crippen molar-refractivity contribution in [1.29, 1.82) is 0 Å². The highest BCUT2D eigenvalue weighted by Gasteiger charge is 2.27. The van der Waals surface area contributed by atoms with Crippen molar-refractivity contribution in [2.24, 2.45) is 12.5 Å². The second-order valence-electron chi connectivity index (χ2n) is 7.24. The van der Waals surface area contributed by atoms with Crippen LogP contribution in [0.3, 0.4) is 0 Å². The molecule has 0 fully saturated rings. The van der Waals surface area contributed by atoms with E-state index in [-0.39, 0.29) is 24.0 Å². The fourth-order valence-corrected chi connectivity index (χ4v) is 2.80. The Bertz CT molecular complexity index is 724. The summed E-state index contributed by atoms with van der Waals surface area (Å²) in [6, 6.07) is 1.62. The number of hydrogen-bond donors (Lipinski definition) is 3. The molecule has 3 N–H and O–H groups in total. The number of rotatable bonds is 5. The van der Waals surface area contributed by atoms with Gasteiger partial charge in [0.05, 0.1) is 11.4 Å². The fraction of sp³-hybridized carbons (Fsp3) is 0.588. The standard InChI is InChI=1S/C17H27N5O2/c1-10-15(11(2)22(6)21-10)12-9-13(20-19-12)16(24)18-14(7-8-23)17(3,4)5/h9,14,23H,7-8H2,1-6H3,(H,18,24)(H,19,20). The van der Waals surface area contributed by atoms with Gasteiger partial charge >= 0.3 is 0 Å². The summed E-state index contributed by atoms with van der Waals surface area (Å²) < 4.78 is 1.80. The maximum absolute atomic E-state index is 12.5. The van der Waals surface area contributed by atoms with Gasteiger partial charge in [0.15, 0.2) is 0 Å².